The molecule has 1 N–H and O–H groups in total. The number of nitrogens with one attached hydrogen (secondary N) is 1. The van der Waals surface area contributed by atoms with Crippen molar-refractivity contribution in [2.45, 2.75) is 17.0 Å². The summed E-state index contributed by atoms with van der Waals surface area (Å²) in [4.78, 5) is 19.6. The molecule has 19 heavy (non-hydrogen) atoms. The lowest BCUT2D eigenvalue weighted by atomic mass is 10.3. The Morgan fingerprint density at radius 2 is 1.95 bits per heavy atom. The van der Waals surface area contributed by atoms with Crippen LogP contribution in [-0.4, -0.2) is 21.9 Å². The summed E-state index contributed by atoms with van der Waals surface area (Å²) in [5.41, 5.74) is 0.939. The summed E-state index contributed by atoms with van der Waals surface area (Å²) >= 11 is 1.37. The third-order valence-electron chi connectivity index (χ3n) is 2.35. The molecule has 6 nitrogen and oxygen atoms in total. The van der Waals surface area contributed by atoms with Crippen molar-refractivity contribution >= 4 is 23.3 Å². The number of aryl methyl sites for hydroxylation is 1. The maximum absolute atomic E-state index is 10.6. The highest BCUT2D eigenvalue weighted by atomic mass is 32.2. The minimum absolute atomic E-state index is 0.0745. The summed E-state index contributed by atoms with van der Waals surface area (Å²) in [6.07, 6.45) is 0. The molecule has 1 aromatic heterocycles. The maximum Gasteiger partial charge on any atom is 0.269 e. The van der Waals surface area contributed by atoms with Crippen LogP contribution >= 0.6 is 11.8 Å². The van der Waals surface area contributed by atoms with E-state index in [-0.39, 0.29) is 5.69 Å². The van der Waals surface area contributed by atoms with Crippen molar-refractivity contribution in [3.05, 3.63) is 46.1 Å². The minimum Gasteiger partial charge on any atom is -0.373 e. The molecule has 1 heterocycles. The van der Waals surface area contributed by atoms with Crippen LogP contribution in [0.5, 0.6) is 0 Å². The first-order valence-electron chi connectivity index (χ1n) is 5.54. The van der Waals surface area contributed by atoms with Gasteiger partial charge in [-0.1, -0.05) is 0 Å². The van der Waals surface area contributed by atoms with E-state index in [0.29, 0.717) is 5.16 Å². The quantitative estimate of drug-likeness (QED) is 0.525. The molecule has 1 aromatic carbocycles. The molecule has 0 atom stereocenters. The number of nitro groups is 1. The van der Waals surface area contributed by atoms with Gasteiger partial charge in [-0.2, -0.15) is 0 Å². The lowest BCUT2D eigenvalue weighted by Gasteiger charge is -2.04. The van der Waals surface area contributed by atoms with Gasteiger partial charge in [-0.3, -0.25) is 10.1 Å². The number of nitro benzene ring substituents is 1. The van der Waals surface area contributed by atoms with Crippen LogP contribution < -0.4 is 5.32 Å². The van der Waals surface area contributed by atoms with Crippen LogP contribution in [0.4, 0.5) is 11.5 Å². The van der Waals surface area contributed by atoms with Crippen LogP contribution in [0.1, 0.15) is 5.69 Å². The topological polar surface area (TPSA) is 81.0 Å². The highest BCUT2D eigenvalue weighted by Gasteiger charge is 2.07. The molecule has 0 aliphatic rings. The fourth-order valence-electron chi connectivity index (χ4n) is 1.46. The molecule has 98 valence electrons. The fourth-order valence-corrected chi connectivity index (χ4v) is 2.27. The minimum atomic E-state index is -0.420. The third kappa shape index (κ3) is 3.41. The summed E-state index contributed by atoms with van der Waals surface area (Å²) in [6, 6.07) is 8.16. The molecule has 0 spiro atoms. The van der Waals surface area contributed by atoms with Crippen molar-refractivity contribution in [2.75, 3.05) is 12.4 Å². The highest BCUT2D eigenvalue weighted by Crippen LogP contribution is 2.27. The lowest BCUT2D eigenvalue weighted by Crippen LogP contribution is -1.97. The van der Waals surface area contributed by atoms with E-state index < -0.39 is 4.92 Å². The monoisotopic (exact) mass is 276 g/mol. The van der Waals surface area contributed by atoms with Gasteiger partial charge in [-0.25, -0.2) is 9.97 Å². The second kappa shape index (κ2) is 5.66. The fraction of sp³-hybridized carbons (Fsp3) is 0.167. The first-order chi connectivity index (χ1) is 9.08. The number of rotatable bonds is 4. The molecule has 0 bridgehead atoms. The normalized spacial score (nSPS) is 10.2. The smallest absolute Gasteiger partial charge is 0.269 e. The van der Waals surface area contributed by atoms with Gasteiger partial charge >= 0.3 is 0 Å². The van der Waals surface area contributed by atoms with Crippen molar-refractivity contribution < 1.29 is 4.92 Å². The maximum atomic E-state index is 10.6. The van der Waals surface area contributed by atoms with E-state index in [0.717, 1.165) is 16.4 Å². The van der Waals surface area contributed by atoms with Crippen molar-refractivity contribution in [1.82, 2.24) is 9.97 Å². The summed E-state index contributed by atoms with van der Waals surface area (Å²) in [7, 11) is 1.79. The van der Waals surface area contributed by atoms with Crippen molar-refractivity contribution in [3.8, 4) is 0 Å². The molecule has 0 aliphatic carbocycles. The molecular formula is C12H12N4O2S. The van der Waals surface area contributed by atoms with Crippen molar-refractivity contribution in [3.63, 3.8) is 0 Å². The van der Waals surface area contributed by atoms with Crippen LogP contribution in [-0.2, 0) is 0 Å². The van der Waals surface area contributed by atoms with E-state index in [1.807, 2.05) is 13.0 Å². The van der Waals surface area contributed by atoms with Gasteiger partial charge < -0.3 is 5.32 Å². The zero-order valence-electron chi connectivity index (χ0n) is 10.5. The number of hydrogen-bond acceptors (Lipinski definition) is 6. The van der Waals surface area contributed by atoms with Crippen molar-refractivity contribution in [1.29, 1.82) is 0 Å². The Hall–Kier alpha value is -2.15. The Balaban J connectivity index is 2.21. The van der Waals surface area contributed by atoms with Gasteiger partial charge in [-0.05, 0) is 30.8 Å². The molecule has 2 rings (SSSR count). The second-order valence-electron chi connectivity index (χ2n) is 3.78. The Morgan fingerprint density at radius 3 is 2.53 bits per heavy atom. The molecule has 0 unspecified atom stereocenters. The van der Waals surface area contributed by atoms with Gasteiger partial charge in [-0.15, -0.1) is 0 Å². The van der Waals surface area contributed by atoms with E-state index in [1.165, 1.54) is 23.9 Å². The zero-order valence-corrected chi connectivity index (χ0v) is 11.3. The molecule has 2 aromatic rings. The molecule has 0 saturated carbocycles. The van der Waals surface area contributed by atoms with Crippen LogP contribution in [0.2, 0.25) is 0 Å². The molecule has 0 aliphatic heterocycles. The largest absolute Gasteiger partial charge is 0.373 e. The van der Waals surface area contributed by atoms with Gasteiger partial charge in [0.05, 0.1) is 4.92 Å². The van der Waals surface area contributed by atoms with Gasteiger partial charge in [0.1, 0.15) is 5.82 Å². The van der Waals surface area contributed by atoms with E-state index in [1.54, 1.807) is 19.2 Å². The highest BCUT2D eigenvalue weighted by molar-refractivity contribution is 7.99. The lowest BCUT2D eigenvalue weighted by molar-refractivity contribution is -0.384. The second-order valence-corrected chi connectivity index (χ2v) is 4.82. The molecule has 0 saturated heterocycles. The Labute approximate surface area is 114 Å². The number of benzene rings is 1. The predicted molar refractivity (Wildman–Crippen MR) is 73.5 cm³/mol. The average molecular weight is 276 g/mol. The standard InChI is InChI=1S/C12H12N4O2S/c1-8-7-11(13-2)15-12(14-8)19-10-5-3-9(4-6-10)16(17)18/h3-7H,1-2H3,(H,13,14,15). The first-order valence-corrected chi connectivity index (χ1v) is 6.36. The number of anilines is 1. The van der Waals surface area contributed by atoms with Crippen LogP contribution in [0.3, 0.4) is 0 Å². The predicted octanol–water partition coefficient (Wildman–Crippen LogP) is 2.89. The Bertz CT molecular complexity index is 601. The first kappa shape index (κ1) is 13.3. The van der Waals surface area contributed by atoms with Crippen LogP contribution in [0.15, 0.2) is 40.4 Å². The van der Waals surface area contributed by atoms with Gasteiger partial charge in [0.2, 0.25) is 0 Å². The van der Waals surface area contributed by atoms with E-state index in [4.69, 9.17) is 0 Å². The molecule has 0 fully saturated rings. The molecular weight excluding hydrogens is 264 g/mol. The number of hydrogen-bond donors (Lipinski definition) is 1. The Morgan fingerprint density at radius 1 is 1.26 bits per heavy atom. The van der Waals surface area contributed by atoms with Gasteiger partial charge in [0, 0.05) is 35.8 Å². The summed E-state index contributed by atoms with van der Waals surface area (Å²) in [5.74, 6) is 0.747. The summed E-state index contributed by atoms with van der Waals surface area (Å²) in [6.45, 7) is 1.89. The zero-order chi connectivity index (χ0) is 13.8. The number of non-ortho nitro benzene ring substituents is 1. The van der Waals surface area contributed by atoms with E-state index >= 15 is 0 Å². The molecule has 7 heteroatoms. The summed E-state index contributed by atoms with van der Waals surface area (Å²) in [5, 5.41) is 14.1. The third-order valence-corrected chi connectivity index (χ3v) is 3.22. The number of aromatic nitrogens is 2. The van der Waals surface area contributed by atoms with Gasteiger partial charge in [0.25, 0.3) is 5.69 Å². The van der Waals surface area contributed by atoms with Gasteiger partial charge in [0.15, 0.2) is 5.16 Å². The summed E-state index contributed by atoms with van der Waals surface area (Å²) < 4.78 is 0. The molecule has 0 amide bonds. The van der Waals surface area contributed by atoms with Crippen LogP contribution in [0.25, 0.3) is 0 Å². The SMILES string of the molecule is CNc1cc(C)nc(Sc2ccc([N+](=O)[O-])cc2)n1. The van der Waals surface area contributed by atoms with E-state index in [9.17, 15) is 10.1 Å². The number of nitrogens with zero attached hydrogens (tertiary/aromatic N) is 3. The van der Waals surface area contributed by atoms with Crippen molar-refractivity contribution in [2.24, 2.45) is 0 Å². The average Bonchev–Trinajstić information content (AvgIpc) is 2.38. The Kier molecular flexibility index (Phi) is 3.96. The van der Waals surface area contributed by atoms with E-state index in [2.05, 4.69) is 15.3 Å². The van der Waals surface area contributed by atoms with Crippen LogP contribution in [0, 0.1) is 17.0 Å². The molecule has 0 radical (unpaired) electrons.